The van der Waals surface area contributed by atoms with E-state index in [2.05, 4.69) is 6.07 Å². The highest BCUT2D eigenvalue weighted by atomic mass is 16.5. The number of hydrogen-bond acceptors (Lipinski definition) is 3. The van der Waals surface area contributed by atoms with E-state index < -0.39 is 0 Å². The maximum Gasteiger partial charge on any atom is 0.260 e. The molecule has 2 aromatic carbocycles. The fraction of sp³-hybridized carbons (Fsp3) is 0.455. The summed E-state index contributed by atoms with van der Waals surface area (Å²) in [6.45, 7) is 2.50. The van der Waals surface area contributed by atoms with Gasteiger partial charge >= 0.3 is 0 Å². The molecule has 27 heavy (non-hydrogen) atoms. The lowest BCUT2D eigenvalue weighted by Gasteiger charge is -2.36. The highest BCUT2D eigenvalue weighted by Crippen LogP contribution is 2.27. The summed E-state index contributed by atoms with van der Waals surface area (Å²) in [5.41, 5.74) is 0. The van der Waals surface area contributed by atoms with E-state index >= 15 is 0 Å². The molecule has 4 rings (SSSR count). The topological polar surface area (TPSA) is 49.9 Å². The first-order valence-electron chi connectivity index (χ1n) is 9.89. The van der Waals surface area contributed by atoms with E-state index in [0.29, 0.717) is 31.9 Å². The van der Waals surface area contributed by atoms with E-state index in [9.17, 15) is 9.59 Å². The van der Waals surface area contributed by atoms with Crippen LogP contribution in [0.1, 0.15) is 25.7 Å². The molecule has 1 aliphatic heterocycles. The standard InChI is InChI=1S/C22H26N2O3/c25-21(16-27-20-10-9-17-5-1-4-8-19(17)15-20)23-11-13-24(14-12-23)22(26)18-6-2-3-7-18/h1,4-5,8-10,15,18H,2-3,6-7,11-14,16H2. The van der Waals surface area contributed by atoms with Crippen molar-refractivity contribution in [1.82, 2.24) is 9.80 Å². The van der Waals surface area contributed by atoms with Crippen LogP contribution in [-0.2, 0) is 9.59 Å². The molecule has 1 saturated carbocycles. The molecule has 2 aromatic rings. The van der Waals surface area contributed by atoms with Crippen LogP contribution in [0.3, 0.4) is 0 Å². The predicted molar refractivity (Wildman–Crippen MR) is 105 cm³/mol. The van der Waals surface area contributed by atoms with E-state index in [-0.39, 0.29) is 24.3 Å². The van der Waals surface area contributed by atoms with Crippen LogP contribution in [0.15, 0.2) is 42.5 Å². The highest BCUT2D eigenvalue weighted by molar-refractivity contribution is 5.84. The van der Waals surface area contributed by atoms with Gasteiger partial charge in [-0.1, -0.05) is 43.2 Å². The van der Waals surface area contributed by atoms with Crippen LogP contribution < -0.4 is 4.74 Å². The van der Waals surface area contributed by atoms with Crippen molar-refractivity contribution in [3.05, 3.63) is 42.5 Å². The fourth-order valence-electron chi connectivity index (χ4n) is 4.10. The van der Waals surface area contributed by atoms with Gasteiger partial charge in [-0.15, -0.1) is 0 Å². The van der Waals surface area contributed by atoms with Gasteiger partial charge in [-0.2, -0.15) is 0 Å². The first kappa shape index (κ1) is 17.8. The zero-order chi connectivity index (χ0) is 18.6. The van der Waals surface area contributed by atoms with Gasteiger partial charge in [-0.25, -0.2) is 0 Å². The van der Waals surface area contributed by atoms with Gasteiger partial charge < -0.3 is 14.5 Å². The van der Waals surface area contributed by atoms with E-state index in [0.717, 1.165) is 23.6 Å². The second-order valence-electron chi connectivity index (χ2n) is 7.49. The van der Waals surface area contributed by atoms with E-state index in [1.54, 1.807) is 4.90 Å². The van der Waals surface area contributed by atoms with Crippen molar-refractivity contribution < 1.29 is 14.3 Å². The summed E-state index contributed by atoms with van der Waals surface area (Å²) < 4.78 is 5.71. The average molecular weight is 366 g/mol. The third-order valence-corrected chi connectivity index (χ3v) is 5.73. The molecule has 0 aromatic heterocycles. The molecule has 0 bridgehead atoms. The lowest BCUT2D eigenvalue weighted by Crippen LogP contribution is -2.52. The van der Waals surface area contributed by atoms with Crippen LogP contribution in [0, 0.1) is 5.92 Å². The summed E-state index contributed by atoms with van der Waals surface area (Å²) in [4.78, 5) is 28.7. The normalized spacial score (nSPS) is 18.1. The average Bonchev–Trinajstić information content (AvgIpc) is 3.26. The maximum absolute atomic E-state index is 12.5. The number of piperazine rings is 1. The molecule has 0 N–H and O–H groups in total. The van der Waals surface area contributed by atoms with Gasteiger partial charge in [-0.05, 0) is 35.7 Å². The number of benzene rings is 2. The van der Waals surface area contributed by atoms with Gasteiger partial charge in [0.15, 0.2) is 6.61 Å². The minimum absolute atomic E-state index is 0.0175. The SMILES string of the molecule is O=C(COc1ccc2ccccc2c1)N1CCN(C(=O)C2CCCC2)CC1. The molecule has 5 nitrogen and oxygen atoms in total. The molecule has 2 aliphatic rings. The number of carbonyl (C=O) groups is 2. The van der Waals surface area contributed by atoms with Crippen molar-refractivity contribution in [2.24, 2.45) is 5.92 Å². The Hall–Kier alpha value is -2.56. The molecule has 0 atom stereocenters. The smallest absolute Gasteiger partial charge is 0.260 e. The van der Waals surface area contributed by atoms with Crippen LogP contribution in [0.5, 0.6) is 5.75 Å². The summed E-state index contributed by atoms with van der Waals surface area (Å²) in [7, 11) is 0. The fourth-order valence-corrected chi connectivity index (χ4v) is 4.10. The number of carbonyl (C=O) groups excluding carboxylic acids is 2. The molecule has 5 heteroatoms. The predicted octanol–water partition coefficient (Wildman–Crippen LogP) is 3.08. The Bertz CT molecular complexity index is 821. The number of amides is 2. The quantitative estimate of drug-likeness (QED) is 0.836. The summed E-state index contributed by atoms with van der Waals surface area (Å²) in [6.07, 6.45) is 4.39. The van der Waals surface area contributed by atoms with Crippen LogP contribution in [0.25, 0.3) is 10.8 Å². The summed E-state index contributed by atoms with van der Waals surface area (Å²) in [5.74, 6) is 1.18. The Balaban J connectivity index is 1.27. The lowest BCUT2D eigenvalue weighted by molar-refractivity contribution is -0.142. The van der Waals surface area contributed by atoms with Gasteiger partial charge in [0.05, 0.1) is 0 Å². The second-order valence-corrected chi connectivity index (χ2v) is 7.49. The molecule has 1 heterocycles. The van der Waals surface area contributed by atoms with Crippen molar-refractivity contribution in [2.75, 3.05) is 32.8 Å². The minimum Gasteiger partial charge on any atom is -0.484 e. The number of nitrogens with zero attached hydrogens (tertiary/aromatic N) is 2. The van der Waals surface area contributed by atoms with Crippen LogP contribution in [0.2, 0.25) is 0 Å². The number of hydrogen-bond donors (Lipinski definition) is 0. The third kappa shape index (κ3) is 4.07. The molecular weight excluding hydrogens is 340 g/mol. The number of ether oxygens (including phenoxy) is 1. The Morgan fingerprint density at radius 1 is 0.889 bits per heavy atom. The van der Waals surface area contributed by atoms with Gasteiger partial charge in [-0.3, -0.25) is 9.59 Å². The first-order valence-corrected chi connectivity index (χ1v) is 9.89. The van der Waals surface area contributed by atoms with Crippen LogP contribution >= 0.6 is 0 Å². The van der Waals surface area contributed by atoms with Crippen molar-refractivity contribution >= 4 is 22.6 Å². The molecule has 2 fully saturated rings. The van der Waals surface area contributed by atoms with Gasteiger partial charge in [0.2, 0.25) is 5.91 Å². The van der Waals surface area contributed by atoms with Gasteiger partial charge in [0.1, 0.15) is 5.75 Å². The maximum atomic E-state index is 12.5. The van der Waals surface area contributed by atoms with E-state index in [1.807, 2.05) is 41.3 Å². The van der Waals surface area contributed by atoms with E-state index in [1.165, 1.54) is 12.8 Å². The second kappa shape index (κ2) is 7.99. The van der Waals surface area contributed by atoms with Crippen LogP contribution in [0.4, 0.5) is 0 Å². The van der Waals surface area contributed by atoms with Crippen molar-refractivity contribution in [3.8, 4) is 5.75 Å². The Labute approximate surface area is 159 Å². The van der Waals surface area contributed by atoms with Crippen LogP contribution in [-0.4, -0.2) is 54.4 Å². The van der Waals surface area contributed by atoms with Gasteiger partial charge in [0.25, 0.3) is 5.91 Å². The zero-order valence-electron chi connectivity index (χ0n) is 15.6. The Morgan fingerprint density at radius 3 is 2.30 bits per heavy atom. The zero-order valence-corrected chi connectivity index (χ0v) is 15.6. The third-order valence-electron chi connectivity index (χ3n) is 5.73. The first-order chi connectivity index (χ1) is 13.2. The number of rotatable bonds is 4. The minimum atomic E-state index is -0.0175. The molecule has 0 spiro atoms. The van der Waals surface area contributed by atoms with Gasteiger partial charge in [0, 0.05) is 32.1 Å². The Kier molecular flexibility index (Phi) is 5.28. The molecule has 1 aliphatic carbocycles. The molecule has 142 valence electrons. The Morgan fingerprint density at radius 2 is 1.56 bits per heavy atom. The van der Waals surface area contributed by atoms with Crippen molar-refractivity contribution in [2.45, 2.75) is 25.7 Å². The van der Waals surface area contributed by atoms with E-state index in [4.69, 9.17) is 4.74 Å². The summed E-state index contributed by atoms with van der Waals surface area (Å²) in [5, 5.41) is 2.25. The lowest BCUT2D eigenvalue weighted by atomic mass is 10.1. The molecule has 0 radical (unpaired) electrons. The molecule has 0 unspecified atom stereocenters. The summed E-state index contributed by atoms with van der Waals surface area (Å²) >= 11 is 0. The highest BCUT2D eigenvalue weighted by Gasteiger charge is 2.30. The van der Waals surface area contributed by atoms with Crippen molar-refractivity contribution in [1.29, 1.82) is 0 Å². The molecular formula is C22H26N2O3. The van der Waals surface area contributed by atoms with Crippen molar-refractivity contribution in [3.63, 3.8) is 0 Å². The monoisotopic (exact) mass is 366 g/mol. The molecule has 2 amide bonds. The largest absolute Gasteiger partial charge is 0.484 e. The molecule has 1 saturated heterocycles. The summed E-state index contributed by atoms with van der Waals surface area (Å²) in [6, 6.07) is 13.9. The number of fused-ring (bicyclic) bond motifs is 1.